The third-order valence-electron chi connectivity index (χ3n) is 2.52. The standard InChI is InChI=1S/C14H11N3O2/c1-19-13-3-2-10(9-15)8-12(13)17-14(18)11-4-6-16-7-5-11/h2-8H,1H3,(H,17,18). The van der Waals surface area contributed by atoms with Gasteiger partial charge >= 0.3 is 0 Å². The highest BCUT2D eigenvalue weighted by atomic mass is 16.5. The van der Waals surface area contributed by atoms with E-state index in [1.54, 1.807) is 30.3 Å². The van der Waals surface area contributed by atoms with Gasteiger partial charge in [0.1, 0.15) is 5.75 Å². The Bertz CT molecular complexity index is 633. The van der Waals surface area contributed by atoms with E-state index in [4.69, 9.17) is 10.00 Å². The Kier molecular flexibility index (Phi) is 3.74. The van der Waals surface area contributed by atoms with Gasteiger partial charge in [-0.15, -0.1) is 0 Å². The molecule has 2 rings (SSSR count). The van der Waals surface area contributed by atoms with Crippen LogP contribution in [0.25, 0.3) is 0 Å². The predicted octanol–water partition coefficient (Wildman–Crippen LogP) is 2.21. The highest BCUT2D eigenvalue weighted by Gasteiger charge is 2.10. The molecule has 0 spiro atoms. The first kappa shape index (κ1) is 12.6. The van der Waals surface area contributed by atoms with Crippen molar-refractivity contribution < 1.29 is 9.53 Å². The quantitative estimate of drug-likeness (QED) is 0.910. The van der Waals surface area contributed by atoms with Gasteiger partial charge in [0.15, 0.2) is 0 Å². The second-order valence-electron chi connectivity index (χ2n) is 3.72. The molecule has 1 aromatic heterocycles. The third kappa shape index (κ3) is 2.87. The number of benzene rings is 1. The van der Waals surface area contributed by atoms with Crippen LogP contribution in [0.4, 0.5) is 5.69 Å². The summed E-state index contributed by atoms with van der Waals surface area (Å²) >= 11 is 0. The molecule has 94 valence electrons. The molecular weight excluding hydrogens is 242 g/mol. The Morgan fingerprint density at radius 3 is 2.68 bits per heavy atom. The zero-order valence-corrected chi connectivity index (χ0v) is 10.3. The first-order chi connectivity index (χ1) is 9.24. The van der Waals surface area contributed by atoms with Crippen molar-refractivity contribution in [1.82, 2.24) is 4.98 Å². The fraction of sp³-hybridized carbons (Fsp3) is 0.0714. The van der Waals surface area contributed by atoms with E-state index in [1.807, 2.05) is 6.07 Å². The van der Waals surface area contributed by atoms with Gasteiger partial charge in [0.05, 0.1) is 24.4 Å². The molecule has 0 aliphatic carbocycles. The molecule has 0 saturated heterocycles. The van der Waals surface area contributed by atoms with Crippen LogP contribution in [0, 0.1) is 11.3 Å². The maximum absolute atomic E-state index is 12.0. The Morgan fingerprint density at radius 2 is 2.05 bits per heavy atom. The molecule has 1 N–H and O–H groups in total. The Balaban J connectivity index is 2.28. The lowest BCUT2D eigenvalue weighted by molar-refractivity contribution is 0.102. The number of nitriles is 1. The van der Waals surface area contributed by atoms with Crippen LogP contribution >= 0.6 is 0 Å². The molecule has 1 aromatic carbocycles. The number of nitrogens with one attached hydrogen (secondary N) is 1. The van der Waals surface area contributed by atoms with Gasteiger partial charge in [-0.05, 0) is 30.3 Å². The summed E-state index contributed by atoms with van der Waals surface area (Å²) in [6, 6.07) is 10.1. The summed E-state index contributed by atoms with van der Waals surface area (Å²) in [6.45, 7) is 0. The molecule has 0 saturated carbocycles. The van der Waals surface area contributed by atoms with Gasteiger partial charge < -0.3 is 10.1 Å². The zero-order chi connectivity index (χ0) is 13.7. The van der Waals surface area contributed by atoms with Gasteiger partial charge in [0.25, 0.3) is 5.91 Å². The van der Waals surface area contributed by atoms with Gasteiger partial charge in [-0.3, -0.25) is 9.78 Å². The summed E-state index contributed by atoms with van der Waals surface area (Å²) in [5.74, 6) is 0.220. The topological polar surface area (TPSA) is 75.0 Å². The maximum atomic E-state index is 12.0. The summed E-state index contributed by atoms with van der Waals surface area (Å²) in [5.41, 5.74) is 1.40. The van der Waals surface area contributed by atoms with Crippen LogP contribution in [0.1, 0.15) is 15.9 Å². The second-order valence-corrected chi connectivity index (χ2v) is 3.72. The van der Waals surface area contributed by atoms with E-state index in [0.29, 0.717) is 22.6 Å². The van der Waals surface area contributed by atoms with Crippen LogP contribution in [0.5, 0.6) is 5.75 Å². The molecule has 0 bridgehead atoms. The number of hydrogen-bond donors (Lipinski definition) is 1. The number of nitrogens with zero attached hydrogens (tertiary/aromatic N) is 2. The molecule has 0 unspecified atom stereocenters. The molecular formula is C14H11N3O2. The van der Waals surface area contributed by atoms with E-state index in [0.717, 1.165) is 0 Å². The van der Waals surface area contributed by atoms with E-state index in [9.17, 15) is 4.79 Å². The monoisotopic (exact) mass is 253 g/mol. The van der Waals surface area contributed by atoms with E-state index >= 15 is 0 Å². The number of ether oxygens (including phenoxy) is 1. The Labute approximate surface area is 110 Å². The summed E-state index contributed by atoms with van der Waals surface area (Å²) in [4.78, 5) is 15.9. The fourth-order valence-corrected chi connectivity index (χ4v) is 1.57. The van der Waals surface area contributed by atoms with Crippen molar-refractivity contribution in [1.29, 1.82) is 5.26 Å². The first-order valence-electron chi connectivity index (χ1n) is 5.54. The molecule has 19 heavy (non-hydrogen) atoms. The molecule has 5 heteroatoms. The lowest BCUT2D eigenvalue weighted by Crippen LogP contribution is -2.12. The van der Waals surface area contributed by atoms with E-state index < -0.39 is 0 Å². The van der Waals surface area contributed by atoms with Crippen LogP contribution < -0.4 is 10.1 Å². The molecule has 1 amide bonds. The van der Waals surface area contributed by atoms with Crippen molar-refractivity contribution in [3.8, 4) is 11.8 Å². The SMILES string of the molecule is COc1ccc(C#N)cc1NC(=O)c1ccncc1. The van der Waals surface area contributed by atoms with Crippen LogP contribution in [0.15, 0.2) is 42.7 Å². The van der Waals surface area contributed by atoms with Gasteiger partial charge in [-0.2, -0.15) is 5.26 Å². The van der Waals surface area contributed by atoms with Crippen LogP contribution in [-0.2, 0) is 0 Å². The lowest BCUT2D eigenvalue weighted by Gasteiger charge is -2.10. The van der Waals surface area contributed by atoms with Crippen molar-refractivity contribution in [3.05, 3.63) is 53.9 Å². The van der Waals surface area contributed by atoms with Crippen molar-refractivity contribution in [3.63, 3.8) is 0 Å². The number of carbonyl (C=O) groups is 1. The zero-order valence-electron chi connectivity index (χ0n) is 10.3. The second kappa shape index (κ2) is 5.65. The number of hydrogen-bond acceptors (Lipinski definition) is 4. The smallest absolute Gasteiger partial charge is 0.255 e. The number of pyridine rings is 1. The predicted molar refractivity (Wildman–Crippen MR) is 69.9 cm³/mol. The Hall–Kier alpha value is -2.87. The summed E-state index contributed by atoms with van der Waals surface area (Å²) in [5, 5.41) is 11.6. The van der Waals surface area contributed by atoms with E-state index in [2.05, 4.69) is 10.3 Å². The van der Waals surface area contributed by atoms with Crippen molar-refractivity contribution in [2.75, 3.05) is 12.4 Å². The van der Waals surface area contributed by atoms with Gasteiger partial charge in [-0.1, -0.05) is 0 Å². The van der Waals surface area contributed by atoms with Crippen LogP contribution in [0.2, 0.25) is 0 Å². The molecule has 2 aromatic rings. The minimum absolute atomic E-state index is 0.282. The third-order valence-corrected chi connectivity index (χ3v) is 2.52. The van der Waals surface area contributed by atoms with Crippen LogP contribution in [-0.4, -0.2) is 18.0 Å². The first-order valence-corrected chi connectivity index (χ1v) is 5.54. The van der Waals surface area contributed by atoms with Crippen molar-refractivity contribution in [2.45, 2.75) is 0 Å². The summed E-state index contributed by atoms with van der Waals surface area (Å²) in [6.07, 6.45) is 3.08. The number of amides is 1. The van der Waals surface area contributed by atoms with Crippen LogP contribution in [0.3, 0.4) is 0 Å². The van der Waals surface area contributed by atoms with Gasteiger partial charge in [0, 0.05) is 18.0 Å². The Morgan fingerprint density at radius 1 is 1.32 bits per heavy atom. The number of methoxy groups -OCH3 is 1. The fourth-order valence-electron chi connectivity index (χ4n) is 1.57. The average molecular weight is 253 g/mol. The molecule has 5 nitrogen and oxygen atoms in total. The lowest BCUT2D eigenvalue weighted by atomic mass is 10.2. The van der Waals surface area contributed by atoms with Crippen molar-refractivity contribution >= 4 is 11.6 Å². The number of rotatable bonds is 3. The van der Waals surface area contributed by atoms with Gasteiger partial charge in [-0.25, -0.2) is 0 Å². The molecule has 0 aliphatic rings. The number of aromatic nitrogens is 1. The molecule has 0 atom stereocenters. The molecule has 0 aliphatic heterocycles. The maximum Gasteiger partial charge on any atom is 0.255 e. The normalized spacial score (nSPS) is 9.47. The van der Waals surface area contributed by atoms with Crippen molar-refractivity contribution in [2.24, 2.45) is 0 Å². The highest BCUT2D eigenvalue weighted by molar-refractivity contribution is 6.05. The minimum Gasteiger partial charge on any atom is -0.495 e. The minimum atomic E-state index is -0.282. The summed E-state index contributed by atoms with van der Waals surface area (Å²) < 4.78 is 5.15. The molecule has 0 fully saturated rings. The number of carbonyl (C=O) groups excluding carboxylic acids is 1. The highest BCUT2D eigenvalue weighted by Crippen LogP contribution is 2.25. The largest absolute Gasteiger partial charge is 0.495 e. The van der Waals surface area contributed by atoms with E-state index in [1.165, 1.54) is 19.5 Å². The summed E-state index contributed by atoms with van der Waals surface area (Å²) in [7, 11) is 1.50. The van der Waals surface area contributed by atoms with Gasteiger partial charge in [0.2, 0.25) is 0 Å². The molecule has 1 heterocycles. The number of anilines is 1. The molecule has 0 radical (unpaired) electrons. The van der Waals surface area contributed by atoms with E-state index in [-0.39, 0.29) is 5.91 Å². The average Bonchev–Trinajstić information content (AvgIpc) is 2.48.